The number of hydrogen-bond donors (Lipinski definition) is 3. The number of aryl methyl sites for hydroxylation is 1. The summed E-state index contributed by atoms with van der Waals surface area (Å²) in [6.07, 6.45) is 1.82. The Balaban J connectivity index is 2.39. The van der Waals surface area contributed by atoms with Crippen molar-refractivity contribution in [1.29, 1.82) is 0 Å². The van der Waals surface area contributed by atoms with Crippen LogP contribution in [0.1, 0.15) is 25.3 Å². The summed E-state index contributed by atoms with van der Waals surface area (Å²) in [7, 11) is 0. The van der Waals surface area contributed by atoms with Crippen molar-refractivity contribution in [2.45, 2.75) is 32.7 Å². The molecule has 4 nitrogen and oxygen atoms in total. The molecule has 4 heteroatoms. The zero-order chi connectivity index (χ0) is 12.7. The molecular formula is C13H21N3O. The lowest BCUT2D eigenvalue weighted by molar-refractivity contribution is 0.248. The van der Waals surface area contributed by atoms with E-state index in [2.05, 4.69) is 10.6 Å². The first kappa shape index (κ1) is 13.5. The average Bonchev–Trinajstić information content (AvgIpc) is 2.26. The van der Waals surface area contributed by atoms with E-state index in [1.807, 2.05) is 38.1 Å². The van der Waals surface area contributed by atoms with Crippen LogP contribution >= 0.6 is 0 Å². The van der Waals surface area contributed by atoms with E-state index in [0.29, 0.717) is 6.54 Å². The van der Waals surface area contributed by atoms with Gasteiger partial charge in [-0.25, -0.2) is 4.79 Å². The van der Waals surface area contributed by atoms with Gasteiger partial charge in [-0.2, -0.15) is 0 Å². The van der Waals surface area contributed by atoms with Crippen molar-refractivity contribution in [3.05, 3.63) is 29.8 Å². The zero-order valence-corrected chi connectivity index (χ0v) is 10.5. The topological polar surface area (TPSA) is 67.2 Å². The van der Waals surface area contributed by atoms with Crippen LogP contribution < -0.4 is 16.4 Å². The molecule has 1 rings (SSSR count). The molecule has 1 aromatic rings. The molecule has 0 aliphatic carbocycles. The summed E-state index contributed by atoms with van der Waals surface area (Å²) in [5.41, 5.74) is 7.36. The number of urea groups is 1. The molecule has 1 unspecified atom stereocenters. The highest BCUT2D eigenvalue weighted by Gasteiger charge is 2.06. The molecule has 0 saturated heterocycles. The molecule has 0 heterocycles. The third-order valence-electron chi connectivity index (χ3n) is 2.49. The van der Waals surface area contributed by atoms with Gasteiger partial charge in [-0.3, -0.25) is 0 Å². The Bertz CT molecular complexity index is 365. The Kier molecular flexibility index (Phi) is 5.49. The number of carbonyl (C=O) groups is 1. The van der Waals surface area contributed by atoms with Crippen molar-refractivity contribution >= 4 is 11.7 Å². The molecule has 1 atom stereocenters. The van der Waals surface area contributed by atoms with Gasteiger partial charge in [-0.1, -0.05) is 12.1 Å². The first-order chi connectivity index (χ1) is 8.11. The number of nitrogens with two attached hydrogens (primary N) is 1. The van der Waals surface area contributed by atoms with Crippen molar-refractivity contribution in [2.24, 2.45) is 5.73 Å². The smallest absolute Gasteiger partial charge is 0.319 e. The summed E-state index contributed by atoms with van der Waals surface area (Å²) >= 11 is 0. The van der Waals surface area contributed by atoms with Crippen molar-refractivity contribution in [3.63, 3.8) is 0 Å². The summed E-state index contributed by atoms with van der Waals surface area (Å²) in [5, 5.41) is 5.69. The van der Waals surface area contributed by atoms with E-state index in [0.717, 1.165) is 24.1 Å². The molecule has 17 heavy (non-hydrogen) atoms. The second kappa shape index (κ2) is 6.91. The summed E-state index contributed by atoms with van der Waals surface area (Å²) in [4.78, 5) is 11.6. The Hall–Kier alpha value is -1.55. The molecule has 0 saturated carbocycles. The van der Waals surface area contributed by atoms with Crippen molar-refractivity contribution in [1.82, 2.24) is 5.32 Å². The van der Waals surface area contributed by atoms with Gasteiger partial charge in [0.2, 0.25) is 0 Å². The van der Waals surface area contributed by atoms with Crippen molar-refractivity contribution in [2.75, 3.05) is 11.9 Å². The molecular weight excluding hydrogens is 214 g/mol. The van der Waals surface area contributed by atoms with Crippen LogP contribution in [0.25, 0.3) is 0 Å². The predicted molar refractivity (Wildman–Crippen MR) is 71.1 cm³/mol. The number of benzene rings is 1. The average molecular weight is 235 g/mol. The third kappa shape index (κ3) is 5.36. The van der Waals surface area contributed by atoms with Crippen LogP contribution in [-0.2, 0) is 0 Å². The van der Waals surface area contributed by atoms with E-state index in [9.17, 15) is 4.79 Å². The Morgan fingerprint density at radius 1 is 1.47 bits per heavy atom. The summed E-state index contributed by atoms with van der Waals surface area (Å²) in [6, 6.07) is 7.69. The molecule has 1 aromatic carbocycles. The summed E-state index contributed by atoms with van der Waals surface area (Å²) < 4.78 is 0. The fourth-order valence-electron chi connectivity index (χ4n) is 1.61. The molecule has 0 bridgehead atoms. The SMILES string of the molecule is Cc1cccc(NC(=O)NC(C)CCCN)c1. The summed E-state index contributed by atoms with van der Waals surface area (Å²) in [5.74, 6) is 0. The van der Waals surface area contributed by atoms with E-state index in [1.165, 1.54) is 0 Å². The van der Waals surface area contributed by atoms with Gasteiger partial charge in [0, 0.05) is 11.7 Å². The van der Waals surface area contributed by atoms with E-state index in [-0.39, 0.29) is 12.1 Å². The third-order valence-corrected chi connectivity index (χ3v) is 2.49. The normalized spacial score (nSPS) is 11.9. The van der Waals surface area contributed by atoms with Gasteiger partial charge in [0.05, 0.1) is 0 Å². The van der Waals surface area contributed by atoms with Gasteiger partial charge in [-0.15, -0.1) is 0 Å². The Labute approximate surface area is 103 Å². The number of carbonyl (C=O) groups excluding carboxylic acids is 1. The largest absolute Gasteiger partial charge is 0.335 e. The highest BCUT2D eigenvalue weighted by Crippen LogP contribution is 2.09. The fourth-order valence-corrected chi connectivity index (χ4v) is 1.61. The van der Waals surface area contributed by atoms with E-state index in [4.69, 9.17) is 5.73 Å². The van der Waals surface area contributed by atoms with Gasteiger partial charge < -0.3 is 16.4 Å². The standard InChI is InChI=1S/C13H21N3O/c1-10-5-3-7-12(9-10)16-13(17)15-11(2)6-4-8-14/h3,5,7,9,11H,4,6,8,14H2,1-2H3,(H2,15,16,17). The number of nitrogens with one attached hydrogen (secondary N) is 2. The first-order valence-corrected chi connectivity index (χ1v) is 5.96. The van der Waals surface area contributed by atoms with Gasteiger partial charge in [0.1, 0.15) is 0 Å². The molecule has 0 aliphatic rings. The van der Waals surface area contributed by atoms with Gasteiger partial charge in [-0.05, 0) is 50.9 Å². The van der Waals surface area contributed by atoms with Gasteiger partial charge >= 0.3 is 6.03 Å². The second-order valence-corrected chi connectivity index (χ2v) is 4.30. The van der Waals surface area contributed by atoms with E-state index >= 15 is 0 Å². The fraction of sp³-hybridized carbons (Fsp3) is 0.462. The van der Waals surface area contributed by atoms with Crippen LogP contribution in [0, 0.1) is 6.92 Å². The maximum atomic E-state index is 11.6. The summed E-state index contributed by atoms with van der Waals surface area (Å²) in [6.45, 7) is 4.63. The lowest BCUT2D eigenvalue weighted by Gasteiger charge is -2.14. The quantitative estimate of drug-likeness (QED) is 0.732. The Morgan fingerprint density at radius 3 is 2.88 bits per heavy atom. The van der Waals surface area contributed by atoms with Crippen molar-refractivity contribution in [3.8, 4) is 0 Å². The van der Waals surface area contributed by atoms with E-state index in [1.54, 1.807) is 0 Å². The van der Waals surface area contributed by atoms with Crippen LogP contribution in [0.5, 0.6) is 0 Å². The predicted octanol–water partition coefficient (Wildman–Crippen LogP) is 2.24. The molecule has 0 aromatic heterocycles. The highest BCUT2D eigenvalue weighted by molar-refractivity contribution is 5.89. The van der Waals surface area contributed by atoms with Crippen LogP contribution in [0.2, 0.25) is 0 Å². The minimum atomic E-state index is -0.167. The minimum absolute atomic E-state index is 0.142. The number of amides is 2. The van der Waals surface area contributed by atoms with Gasteiger partial charge in [0.15, 0.2) is 0 Å². The number of hydrogen-bond acceptors (Lipinski definition) is 2. The molecule has 94 valence electrons. The van der Waals surface area contributed by atoms with Crippen molar-refractivity contribution < 1.29 is 4.79 Å². The molecule has 2 amide bonds. The van der Waals surface area contributed by atoms with Crippen LogP contribution in [0.3, 0.4) is 0 Å². The monoisotopic (exact) mass is 235 g/mol. The maximum absolute atomic E-state index is 11.6. The lowest BCUT2D eigenvalue weighted by Crippen LogP contribution is -2.36. The molecule has 0 radical (unpaired) electrons. The number of anilines is 1. The van der Waals surface area contributed by atoms with Crippen LogP contribution in [-0.4, -0.2) is 18.6 Å². The molecule has 0 spiro atoms. The van der Waals surface area contributed by atoms with Crippen LogP contribution in [0.4, 0.5) is 10.5 Å². The second-order valence-electron chi connectivity index (χ2n) is 4.30. The van der Waals surface area contributed by atoms with Gasteiger partial charge in [0.25, 0.3) is 0 Å². The molecule has 0 aliphatic heterocycles. The Morgan fingerprint density at radius 2 is 2.24 bits per heavy atom. The highest BCUT2D eigenvalue weighted by atomic mass is 16.2. The molecule has 0 fully saturated rings. The lowest BCUT2D eigenvalue weighted by atomic mass is 10.2. The maximum Gasteiger partial charge on any atom is 0.319 e. The minimum Gasteiger partial charge on any atom is -0.335 e. The number of rotatable bonds is 5. The zero-order valence-electron chi connectivity index (χ0n) is 10.5. The van der Waals surface area contributed by atoms with Crippen LogP contribution in [0.15, 0.2) is 24.3 Å². The first-order valence-electron chi connectivity index (χ1n) is 5.96. The van der Waals surface area contributed by atoms with E-state index < -0.39 is 0 Å². The molecule has 4 N–H and O–H groups in total.